The topological polar surface area (TPSA) is 194 Å². The minimum Gasteiger partial charge on any atom is -0.510 e. The second kappa shape index (κ2) is 9.65. The second-order valence-electron chi connectivity index (χ2n) is 12.5. The summed E-state index contributed by atoms with van der Waals surface area (Å²) in [7, 11) is 3.16. The Kier molecular flexibility index (Phi) is 6.52. The molecule has 7 N–H and O–H groups in total. The number of nitrogens with one attached hydrogen (secondary N) is 1. The number of hydrogen-bond donors (Lipinski definition) is 6. The van der Waals surface area contributed by atoms with Gasteiger partial charge in [-0.1, -0.05) is 6.07 Å². The molecular weight excluding hydrogens is 544 g/mol. The van der Waals surface area contributed by atoms with Gasteiger partial charge in [-0.25, -0.2) is 0 Å². The van der Waals surface area contributed by atoms with Crippen molar-refractivity contribution in [2.24, 2.45) is 17.6 Å². The number of amides is 2. The summed E-state index contributed by atoms with van der Waals surface area (Å²) in [4.78, 5) is 56.4. The molecule has 0 aromatic heterocycles. The highest BCUT2D eigenvalue weighted by atomic mass is 16.3. The van der Waals surface area contributed by atoms with Crippen molar-refractivity contribution < 1.29 is 39.6 Å². The lowest BCUT2D eigenvalue weighted by atomic mass is 9.58. The van der Waals surface area contributed by atoms with Gasteiger partial charge < -0.3 is 31.5 Å². The fraction of sp³-hybridized carbons (Fsp3) is 0.533. The quantitative estimate of drug-likeness (QED) is 0.201. The predicted molar refractivity (Wildman–Crippen MR) is 150 cm³/mol. The minimum absolute atomic E-state index is 0.0146. The number of ketones is 2. The molecule has 2 amide bonds. The molecule has 224 valence electrons. The van der Waals surface area contributed by atoms with E-state index >= 15 is 0 Å². The maximum Gasteiger partial charge on any atom is 0.255 e. The zero-order valence-electron chi connectivity index (χ0n) is 23.8. The van der Waals surface area contributed by atoms with Crippen LogP contribution in [0.15, 0.2) is 34.8 Å². The van der Waals surface area contributed by atoms with Gasteiger partial charge in [0, 0.05) is 23.6 Å². The van der Waals surface area contributed by atoms with Gasteiger partial charge >= 0.3 is 0 Å². The van der Waals surface area contributed by atoms with Crippen molar-refractivity contribution in [3.63, 3.8) is 0 Å². The third-order valence-electron chi connectivity index (χ3n) is 9.62. The summed E-state index contributed by atoms with van der Waals surface area (Å²) >= 11 is 0. The number of phenols is 1. The first-order valence-corrected chi connectivity index (χ1v) is 14.4. The van der Waals surface area contributed by atoms with Crippen molar-refractivity contribution in [3.05, 3.63) is 45.9 Å². The third kappa shape index (κ3) is 4.07. The molecule has 0 aliphatic heterocycles. The molecule has 2 fully saturated rings. The first-order valence-electron chi connectivity index (χ1n) is 14.4. The van der Waals surface area contributed by atoms with E-state index < -0.39 is 69.8 Å². The zero-order valence-corrected chi connectivity index (χ0v) is 23.8. The largest absolute Gasteiger partial charge is 0.510 e. The summed E-state index contributed by atoms with van der Waals surface area (Å²) < 4.78 is 0. The van der Waals surface area contributed by atoms with Crippen molar-refractivity contribution in [1.29, 1.82) is 0 Å². The number of rotatable bonds is 7. The van der Waals surface area contributed by atoms with E-state index in [1.165, 1.54) is 4.90 Å². The highest BCUT2D eigenvalue weighted by Crippen LogP contribution is 2.52. The molecule has 1 aromatic carbocycles. The standard InChI is InChI=1S/C30H36N4O8/c1-12(34(15-5-6-15)16-7-8-16)29(41)32-18-9-4-13-10-14-11-17-22(33(2)3)25(37)21(28(31)40)27(39)30(17,42)26(38)20(14)24(36)19(13)23(18)35/h4,9,12,14-17,22,35,37-38,42H,5-8,10-11H2,1-3H3,(H2,31,40)(H,32,41)/t12?,14?,17?,22-,30-/m0/s1. The van der Waals surface area contributed by atoms with Crippen LogP contribution in [0.2, 0.25) is 0 Å². The van der Waals surface area contributed by atoms with Crippen LogP contribution in [0.25, 0.3) is 0 Å². The van der Waals surface area contributed by atoms with Crippen LogP contribution in [0.3, 0.4) is 0 Å². The molecule has 0 radical (unpaired) electrons. The molecule has 1 aromatic rings. The molecule has 5 aliphatic carbocycles. The fourth-order valence-electron chi connectivity index (χ4n) is 7.37. The molecule has 6 rings (SSSR count). The van der Waals surface area contributed by atoms with Crippen LogP contribution < -0.4 is 11.1 Å². The van der Waals surface area contributed by atoms with Crippen LogP contribution in [0.1, 0.15) is 54.9 Å². The van der Waals surface area contributed by atoms with Gasteiger partial charge in [-0.15, -0.1) is 0 Å². The first-order chi connectivity index (χ1) is 19.8. The van der Waals surface area contributed by atoms with Crippen LogP contribution >= 0.6 is 0 Å². The third-order valence-corrected chi connectivity index (χ3v) is 9.62. The number of hydrogen-bond acceptors (Lipinski definition) is 10. The van der Waals surface area contributed by atoms with E-state index in [-0.39, 0.29) is 35.6 Å². The second-order valence-corrected chi connectivity index (χ2v) is 12.5. The molecule has 5 aliphatic rings. The number of primary amides is 1. The van der Waals surface area contributed by atoms with Crippen molar-refractivity contribution in [1.82, 2.24) is 9.80 Å². The van der Waals surface area contributed by atoms with Crippen molar-refractivity contribution in [2.45, 2.75) is 75.2 Å². The molecule has 0 heterocycles. The molecule has 42 heavy (non-hydrogen) atoms. The number of allylic oxidation sites excluding steroid dienone is 1. The number of aliphatic hydroxyl groups is 3. The Morgan fingerprint density at radius 1 is 1.07 bits per heavy atom. The summed E-state index contributed by atoms with van der Waals surface area (Å²) in [5, 5.41) is 48.0. The Hall–Kier alpha value is -3.74. The van der Waals surface area contributed by atoms with Crippen LogP contribution in [-0.2, 0) is 20.8 Å². The number of likely N-dealkylation sites (N-methyl/N-ethyl adjacent to an activating group) is 1. The Morgan fingerprint density at radius 2 is 1.69 bits per heavy atom. The van der Waals surface area contributed by atoms with Crippen LogP contribution in [-0.4, -0.2) is 97.5 Å². The SMILES string of the molecule is CC(C(=O)Nc1ccc2c(c1O)C(=O)C1=C(O)[C@]3(O)C(=O)C(C(N)=O)=C(O)[C@@H](N(C)C)C3CC1C2)N(C1CC1)C1CC1. The maximum absolute atomic E-state index is 13.9. The normalized spacial score (nSPS) is 29.8. The van der Waals surface area contributed by atoms with E-state index in [2.05, 4.69) is 10.2 Å². The van der Waals surface area contributed by atoms with Crippen LogP contribution in [0, 0.1) is 11.8 Å². The van der Waals surface area contributed by atoms with E-state index in [0.717, 1.165) is 25.7 Å². The fourth-order valence-corrected chi connectivity index (χ4v) is 7.37. The van der Waals surface area contributed by atoms with Crippen molar-refractivity contribution in [2.75, 3.05) is 19.4 Å². The molecule has 0 bridgehead atoms. The van der Waals surface area contributed by atoms with E-state index in [1.807, 2.05) is 6.92 Å². The Bertz CT molecular complexity index is 1480. The van der Waals surface area contributed by atoms with E-state index in [0.29, 0.717) is 17.6 Å². The number of aliphatic hydroxyl groups excluding tert-OH is 2. The highest BCUT2D eigenvalue weighted by molar-refractivity contribution is 6.25. The van der Waals surface area contributed by atoms with Gasteiger partial charge in [0.05, 0.1) is 23.3 Å². The number of carbonyl (C=O) groups is 4. The summed E-state index contributed by atoms with van der Waals surface area (Å²) in [6.45, 7) is 1.83. The number of nitrogens with zero attached hydrogens (tertiary/aromatic N) is 2. The monoisotopic (exact) mass is 580 g/mol. The minimum atomic E-state index is -2.70. The van der Waals surface area contributed by atoms with Gasteiger partial charge in [0.1, 0.15) is 17.1 Å². The number of aromatic hydroxyl groups is 1. The highest BCUT2D eigenvalue weighted by Gasteiger charge is 2.63. The summed E-state index contributed by atoms with van der Waals surface area (Å²) in [6, 6.07) is 2.47. The maximum atomic E-state index is 13.9. The molecule has 5 atom stereocenters. The van der Waals surface area contributed by atoms with Crippen LogP contribution in [0.4, 0.5) is 5.69 Å². The molecular formula is C30H36N4O8. The number of carbonyl (C=O) groups excluding carboxylic acids is 4. The molecule has 0 saturated heterocycles. The molecule has 2 saturated carbocycles. The lowest BCUT2D eigenvalue weighted by Crippen LogP contribution is -2.63. The Labute approximate surface area is 242 Å². The number of Topliss-reactive ketones (excluding diaryl/α,β-unsaturated/α-hetero) is 2. The average Bonchev–Trinajstić information content (AvgIpc) is 3.84. The van der Waals surface area contributed by atoms with E-state index in [1.54, 1.807) is 26.2 Å². The summed E-state index contributed by atoms with van der Waals surface area (Å²) in [6.07, 6.45) is 4.40. The zero-order chi connectivity index (χ0) is 30.4. The first kappa shape index (κ1) is 28.4. The molecule has 12 nitrogen and oxygen atoms in total. The van der Waals surface area contributed by atoms with Crippen molar-refractivity contribution in [3.8, 4) is 5.75 Å². The van der Waals surface area contributed by atoms with Gasteiger partial charge in [0.15, 0.2) is 17.1 Å². The number of benzene rings is 1. The van der Waals surface area contributed by atoms with E-state index in [4.69, 9.17) is 5.73 Å². The van der Waals surface area contributed by atoms with Crippen molar-refractivity contribution >= 4 is 29.1 Å². The molecule has 3 unspecified atom stereocenters. The summed E-state index contributed by atoms with van der Waals surface area (Å²) in [5.41, 5.74) is 1.97. The van der Waals surface area contributed by atoms with Gasteiger partial charge in [-0.05, 0) is 77.1 Å². The Balaban J connectivity index is 1.36. The molecule has 0 spiro atoms. The number of fused-ring (bicyclic) bond motifs is 3. The number of phenolic OH excluding ortho intramolecular Hbond substituents is 1. The lowest BCUT2D eigenvalue weighted by molar-refractivity contribution is -0.148. The molecule has 12 heteroatoms. The smallest absolute Gasteiger partial charge is 0.255 e. The van der Waals surface area contributed by atoms with Gasteiger partial charge in [0.25, 0.3) is 5.91 Å². The van der Waals surface area contributed by atoms with Gasteiger partial charge in [-0.2, -0.15) is 0 Å². The Morgan fingerprint density at radius 3 is 2.24 bits per heavy atom. The van der Waals surface area contributed by atoms with Gasteiger partial charge in [0.2, 0.25) is 11.7 Å². The lowest BCUT2D eigenvalue weighted by Gasteiger charge is -2.50. The predicted octanol–water partition coefficient (Wildman–Crippen LogP) is 1.07. The van der Waals surface area contributed by atoms with Crippen LogP contribution in [0.5, 0.6) is 5.75 Å². The summed E-state index contributed by atoms with van der Waals surface area (Å²) in [5.74, 6) is -7.40. The van der Waals surface area contributed by atoms with E-state index in [9.17, 15) is 39.6 Å². The average molecular weight is 581 g/mol. The number of anilines is 1. The van der Waals surface area contributed by atoms with Gasteiger partial charge in [-0.3, -0.25) is 29.0 Å². The number of nitrogens with two attached hydrogens (primary N) is 1.